The van der Waals surface area contributed by atoms with Crippen molar-refractivity contribution in [3.05, 3.63) is 21.9 Å². The number of hydrogen-bond donors (Lipinski definition) is 1. The first-order chi connectivity index (χ1) is 8.71. The molecule has 0 aliphatic carbocycles. The van der Waals surface area contributed by atoms with Crippen LogP contribution in [0.3, 0.4) is 0 Å². The lowest BCUT2D eigenvalue weighted by atomic mass is 9.76. The van der Waals surface area contributed by atoms with Crippen LogP contribution < -0.4 is 5.32 Å². The predicted molar refractivity (Wildman–Crippen MR) is 75.5 cm³/mol. The lowest BCUT2D eigenvalue weighted by Crippen LogP contribution is -2.56. The quantitative estimate of drug-likeness (QED) is 0.900. The molecule has 0 aromatic carbocycles. The number of hydrogen-bond acceptors (Lipinski definition) is 4. The monoisotopic (exact) mass is 266 g/mol. The van der Waals surface area contributed by atoms with Gasteiger partial charge in [-0.25, -0.2) is 0 Å². The summed E-state index contributed by atoms with van der Waals surface area (Å²) in [7, 11) is 2.25. The Labute approximate surface area is 113 Å². The number of nitrogens with one attached hydrogen (secondary N) is 1. The van der Waals surface area contributed by atoms with Gasteiger partial charge in [0.1, 0.15) is 0 Å². The second-order valence-corrected chi connectivity index (χ2v) is 6.66. The summed E-state index contributed by atoms with van der Waals surface area (Å²) in [5.41, 5.74) is 1.73. The van der Waals surface area contributed by atoms with Gasteiger partial charge in [0.15, 0.2) is 0 Å². The number of nitrogens with zero attached hydrogens (tertiary/aromatic N) is 1. The Balaban J connectivity index is 1.78. The fourth-order valence-electron chi connectivity index (χ4n) is 3.15. The Morgan fingerprint density at radius 1 is 1.56 bits per heavy atom. The van der Waals surface area contributed by atoms with Gasteiger partial charge in [0.25, 0.3) is 0 Å². The van der Waals surface area contributed by atoms with Crippen LogP contribution in [0, 0.1) is 6.92 Å². The largest absolute Gasteiger partial charge is 0.379 e. The molecule has 3 heterocycles. The maximum absolute atomic E-state index is 5.56. The number of ether oxygens (including phenoxy) is 1. The predicted octanol–water partition coefficient (Wildman–Crippen LogP) is 1.62. The van der Waals surface area contributed by atoms with E-state index in [0.717, 1.165) is 32.8 Å². The molecule has 0 amide bonds. The first-order valence-electron chi connectivity index (χ1n) is 6.75. The zero-order valence-corrected chi connectivity index (χ0v) is 12.1. The van der Waals surface area contributed by atoms with E-state index in [1.807, 2.05) is 11.3 Å². The topological polar surface area (TPSA) is 24.5 Å². The van der Waals surface area contributed by atoms with E-state index in [-0.39, 0.29) is 5.41 Å². The molecule has 1 aromatic rings. The van der Waals surface area contributed by atoms with E-state index in [1.165, 1.54) is 12.0 Å². The maximum atomic E-state index is 5.56. The lowest BCUT2D eigenvalue weighted by molar-refractivity contribution is -0.0738. The van der Waals surface area contributed by atoms with Crippen LogP contribution in [0.15, 0.2) is 11.4 Å². The average molecular weight is 266 g/mol. The summed E-state index contributed by atoms with van der Waals surface area (Å²) >= 11 is 1.90. The fraction of sp³-hybridized carbons (Fsp3) is 0.714. The molecule has 100 valence electrons. The van der Waals surface area contributed by atoms with Gasteiger partial charge in [0.05, 0.1) is 18.6 Å². The Morgan fingerprint density at radius 2 is 2.39 bits per heavy atom. The SMILES string of the molecule is Cc1ccsc1C1(CC2CNCCN2C)COC1. The molecule has 0 spiro atoms. The highest BCUT2D eigenvalue weighted by Gasteiger charge is 2.44. The third-order valence-electron chi connectivity index (χ3n) is 4.37. The highest BCUT2D eigenvalue weighted by molar-refractivity contribution is 7.10. The molecule has 1 aromatic heterocycles. The van der Waals surface area contributed by atoms with Crippen molar-refractivity contribution >= 4 is 11.3 Å². The highest BCUT2D eigenvalue weighted by Crippen LogP contribution is 2.42. The third-order valence-corrected chi connectivity index (χ3v) is 5.63. The molecule has 4 heteroatoms. The van der Waals surface area contributed by atoms with Crippen molar-refractivity contribution in [2.24, 2.45) is 0 Å². The van der Waals surface area contributed by atoms with Gasteiger partial charge in [-0.1, -0.05) is 0 Å². The number of likely N-dealkylation sites (N-methyl/N-ethyl adjacent to an activating group) is 1. The molecular formula is C14H22N2OS. The third kappa shape index (κ3) is 2.11. The van der Waals surface area contributed by atoms with E-state index >= 15 is 0 Å². The molecule has 0 bridgehead atoms. The molecule has 3 nitrogen and oxygen atoms in total. The van der Waals surface area contributed by atoms with Gasteiger partial charge in [-0.05, 0) is 37.4 Å². The van der Waals surface area contributed by atoms with E-state index in [0.29, 0.717) is 6.04 Å². The number of thiophene rings is 1. The summed E-state index contributed by atoms with van der Waals surface area (Å²) in [6.07, 6.45) is 1.22. The summed E-state index contributed by atoms with van der Waals surface area (Å²) in [4.78, 5) is 4.05. The minimum atomic E-state index is 0.288. The highest BCUT2D eigenvalue weighted by atomic mass is 32.1. The van der Waals surface area contributed by atoms with E-state index in [1.54, 1.807) is 4.88 Å². The molecule has 0 saturated carbocycles. The van der Waals surface area contributed by atoms with Crippen molar-refractivity contribution < 1.29 is 4.74 Å². The number of aryl methyl sites for hydroxylation is 1. The van der Waals surface area contributed by atoms with Crippen LogP contribution in [0.1, 0.15) is 16.9 Å². The van der Waals surface area contributed by atoms with E-state index in [9.17, 15) is 0 Å². The second-order valence-electron chi connectivity index (χ2n) is 5.75. The number of rotatable bonds is 3. The van der Waals surface area contributed by atoms with Crippen molar-refractivity contribution in [3.63, 3.8) is 0 Å². The van der Waals surface area contributed by atoms with E-state index in [4.69, 9.17) is 4.74 Å². The van der Waals surface area contributed by atoms with Crippen LogP contribution in [-0.2, 0) is 10.2 Å². The molecule has 1 unspecified atom stereocenters. The molecule has 1 atom stereocenters. The Hall–Kier alpha value is -0.420. The summed E-state index contributed by atoms with van der Waals surface area (Å²) in [6, 6.07) is 2.88. The second kappa shape index (κ2) is 4.93. The van der Waals surface area contributed by atoms with Crippen LogP contribution in [0.5, 0.6) is 0 Å². The van der Waals surface area contributed by atoms with Crippen molar-refractivity contribution in [2.75, 3.05) is 39.9 Å². The van der Waals surface area contributed by atoms with Gasteiger partial charge in [-0.3, -0.25) is 0 Å². The van der Waals surface area contributed by atoms with Gasteiger partial charge < -0.3 is 15.0 Å². The van der Waals surface area contributed by atoms with E-state index < -0.39 is 0 Å². The van der Waals surface area contributed by atoms with Crippen LogP contribution in [0.2, 0.25) is 0 Å². The fourth-order valence-corrected chi connectivity index (χ4v) is 4.26. The molecular weight excluding hydrogens is 244 g/mol. The molecule has 0 radical (unpaired) electrons. The smallest absolute Gasteiger partial charge is 0.0594 e. The minimum absolute atomic E-state index is 0.288. The van der Waals surface area contributed by atoms with Crippen molar-refractivity contribution in [2.45, 2.75) is 24.8 Å². The van der Waals surface area contributed by atoms with Crippen LogP contribution >= 0.6 is 11.3 Å². The lowest BCUT2D eigenvalue weighted by Gasteiger charge is -2.46. The zero-order valence-electron chi connectivity index (χ0n) is 11.2. The molecule has 1 N–H and O–H groups in total. The Bertz CT molecular complexity index is 414. The van der Waals surface area contributed by atoms with Gasteiger partial charge in [-0.2, -0.15) is 0 Å². The maximum Gasteiger partial charge on any atom is 0.0594 e. The van der Waals surface area contributed by atoms with Gasteiger partial charge in [0, 0.05) is 30.6 Å². The summed E-state index contributed by atoms with van der Waals surface area (Å²) < 4.78 is 5.56. The van der Waals surface area contributed by atoms with Crippen LogP contribution in [-0.4, -0.2) is 50.8 Å². The van der Waals surface area contributed by atoms with Crippen molar-refractivity contribution in [1.82, 2.24) is 10.2 Å². The molecule has 2 fully saturated rings. The first-order valence-corrected chi connectivity index (χ1v) is 7.62. The Morgan fingerprint density at radius 3 is 2.94 bits per heavy atom. The molecule has 2 aliphatic heterocycles. The standard InChI is InChI=1S/C14H22N2OS/c1-11-3-6-18-13(11)14(9-17-10-14)7-12-8-15-4-5-16(12)2/h3,6,12,15H,4-5,7-10H2,1-2H3. The molecule has 3 rings (SSSR count). The average Bonchev–Trinajstić information content (AvgIpc) is 2.73. The number of piperazine rings is 1. The minimum Gasteiger partial charge on any atom is -0.379 e. The normalized spacial score (nSPS) is 28.0. The van der Waals surface area contributed by atoms with Gasteiger partial charge in [-0.15, -0.1) is 11.3 Å². The van der Waals surface area contributed by atoms with Crippen LogP contribution in [0.4, 0.5) is 0 Å². The van der Waals surface area contributed by atoms with Gasteiger partial charge >= 0.3 is 0 Å². The summed E-state index contributed by atoms with van der Waals surface area (Å²) in [5, 5.41) is 5.73. The van der Waals surface area contributed by atoms with E-state index in [2.05, 4.69) is 35.6 Å². The Kier molecular flexibility index (Phi) is 3.45. The van der Waals surface area contributed by atoms with Crippen molar-refractivity contribution in [1.29, 1.82) is 0 Å². The van der Waals surface area contributed by atoms with Crippen molar-refractivity contribution in [3.8, 4) is 0 Å². The zero-order chi connectivity index (χ0) is 12.6. The van der Waals surface area contributed by atoms with Gasteiger partial charge in [0.2, 0.25) is 0 Å². The summed E-state index contributed by atoms with van der Waals surface area (Å²) in [5.74, 6) is 0. The van der Waals surface area contributed by atoms with Crippen LogP contribution in [0.25, 0.3) is 0 Å². The molecule has 2 saturated heterocycles. The molecule has 2 aliphatic rings. The summed E-state index contributed by atoms with van der Waals surface area (Å²) in [6.45, 7) is 7.42. The first kappa shape index (κ1) is 12.6. The molecule has 18 heavy (non-hydrogen) atoms.